The predicted molar refractivity (Wildman–Crippen MR) is 73.5 cm³/mol. The second-order valence-electron chi connectivity index (χ2n) is 5.22. The van der Waals surface area contributed by atoms with Crippen molar-refractivity contribution in [3.8, 4) is 5.75 Å². The molecule has 0 aromatic heterocycles. The molecule has 0 aliphatic heterocycles. The van der Waals surface area contributed by atoms with E-state index in [1.807, 2.05) is 0 Å². The van der Waals surface area contributed by atoms with Crippen molar-refractivity contribution >= 4 is 11.7 Å². The molecule has 3 N–H and O–H groups in total. The highest BCUT2D eigenvalue weighted by Crippen LogP contribution is 2.39. The predicted octanol–water partition coefficient (Wildman–Crippen LogP) is 2.57. The van der Waals surface area contributed by atoms with E-state index in [0.717, 1.165) is 19.3 Å². The minimum absolute atomic E-state index is 0.0321. The number of carbonyl (C=O) groups excluding carboxylic acids is 1. The molecule has 5 nitrogen and oxygen atoms in total. The Balaban J connectivity index is 1.79. The first-order valence-corrected chi connectivity index (χ1v) is 6.74. The highest BCUT2D eigenvalue weighted by atomic mass is 19.3. The van der Waals surface area contributed by atoms with E-state index >= 15 is 0 Å². The van der Waals surface area contributed by atoms with Crippen LogP contribution in [0.1, 0.15) is 19.3 Å². The van der Waals surface area contributed by atoms with Crippen LogP contribution < -0.4 is 15.4 Å². The van der Waals surface area contributed by atoms with Crippen LogP contribution in [0, 0.1) is 5.41 Å². The largest absolute Gasteiger partial charge is 0.435 e. The summed E-state index contributed by atoms with van der Waals surface area (Å²) in [5, 5.41) is 14.6. The number of aliphatic hydroxyl groups excluding tert-OH is 1. The van der Waals surface area contributed by atoms with Crippen molar-refractivity contribution in [1.29, 1.82) is 0 Å². The van der Waals surface area contributed by atoms with Crippen molar-refractivity contribution in [1.82, 2.24) is 5.32 Å². The molecule has 7 heteroatoms. The molecule has 0 unspecified atom stereocenters. The molecule has 0 bridgehead atoms. The van der Waals surface area contributed by atoms with Gasteiger partial charge in [0.05, 0.1) is 6.61 Å². The lowest BCUT2D eigenvalue weighted by molar-refractivity contribution is -0.0498. The number of carbonyl (C=O) groups is 1. The van der Waals surface area contributed by atoms with Crippen LogP contribution >= 0.6 is 0 Å². The molecule has 0 spiro atoms. The molecule has 2 rings (SSSR count). The summed E-state index contributed by atoms with van der Waals surface area (Å²) in [4.78, 5) is 11.7. The van der Waals surface area contributed by atoms with Gasteiger partial charge < -0.3 is 20.5 Å². The number of alkyl halides is 2. The third-order valence-corrected chi connectivity index (χ3v) is 3.71. The monoisotopic (exact) mass is 300 g/mol. The molecule has 0 radical (unpaired) electrons. The number of rotatable bonds is 6. The van der Waals surface area contributed by atoms with E-state index in [0.29, 0.717) is 12.2 Å². The standard InChI is InChI=1S/C14H18F2N2O3/c15-12(16)21-11-4-2-10(3-5-11)18-13(20)17-8-14(9-19)6-1-7-14/h2-5,12,19H,1,6-9H2,(H2,17,18,20). The summed E-state index contributed by atoms with van der Waals surface area (Å²) < 4.78 is 28.2. The van der Waals surface area contributed by atoms with Gasteiger partial charge >= 0.3 is 12.6 Å². The Morgan fingerprint density at radius 3 is 2.48 bits per heavy atom. The number of hydrogen-bond donors (Lipinski definition) is 3. The lowest BCUT2D eigenvalue weighted by Gasteiger charge is -2.40. The van der Waals surface area contributed by atoms with Crippen molar-refractivity contribution in [3.05, 3.63) is 24.3 Å². The first-order chi connectivity index (χ1) is 10.0. The Labute approximate surface area is 121 Å². The van der Waals surface area contributed by atoms with Gasteiger partial charge in [0.1, 0.15) is 5.75 Å². The maximum Gasteiger partial charge on any atom is 0.387 e. The SMILES string of the molecule is O=C(NCC1(CO)CCC1)Nc1ccc(OC(F)F)cc1. The molecular weight excluding hydrogens is 282 g/mol. The molecule has 1 fully saturated rings. The van der Waals surface area contributed by atoms with Crippen molar-refractivity contribution in [2.75, 3.05) is 18.5 Å². The van der Waals surface area contributed by atoms with Gasteiger partial charge in [-0.2, -0.15) is 8.78 Å². The third kappa shape index (κ3) is 4.29. The van der Waals surface area contributed by atoms with Crippen LogP contribution in [0.3, 0.4) is 0 Å². The van der Waals surface area contributed by atoms with Crippen LogP contribution in [0.2, 0.25) is 0 Å². The van der Waals surface area contributed by atoms with Crippen LogP contribution in [0.25, 0.3) is 0 Å². The first-order valence-electron chi connectivity index (χ1n) is 6.74. The van der Waals surface area contributed by atoms with E-state index in [1.54, 1.807) is 0 Å². The van der Waals surface area contributed by atoms with Gasteiger partial charge in [-0.1, -0.05) is 6.42 Å². The maximum atomic E-state index is 12.0. The van der Waals surface area contributed by atoms with Gasteiger partial charge in [0.25, 0.3) is 0 Å². The molecule has 21 heavy (non-hydrogen) atoms. The van der Waals surface area contributed by atoms with Gasteiger partial charge in [0.15, 0.2) is 0 Å². The number of amides is 2. The molecule has 116 valence electrons. The highest BCUT2D eigenvalue weighted by Gasteiger charge is 2.36. The van der Waals surface area contributed by atoms with Gasteiger partial charge in [-0.05, 0) is 37.1 Å². The number of urea groups is 1. The summed E-state index contributed by atoms with van der Waals surface area (Å²) in [7, 11) is 0. The summed E-state index contributed by atoms with van der Waals surface area (Å²) >= 11 is 0. The maximum absolute atomic E-state index is 12.0. The summed E-state index contributed by atoms with van der Waals surface area (Å²) in [6.07, 6.45) is 2.88. The molecule has 1 aliphatic rings. The Morgan fingerprint density at radius 2 is 2.00 bits per heavy atom. The summed E-state index contributed by atoms with van der Waals surface area (Å²) in [6.45, 7) is -2.39. The number of halogens is 2. The van der Waals surface area contributed by atoms with Crippen LogP contribution in [0.4, 0.5) is 19.3 Å². The summed E-state index contributed by atoms with van der Waals surface area (Å²) in [6, 6.07) is 5.26. The molecule has 0 heterocycles. The van der Waals surface area contributed by atoms with E-state index < -0.39 is 12.6 Å². The fourth-order valence-corrected chi connectivity index (χ4v) is 2.23. The quantitative estimate of drug-likeness (QED) is 0.756. The lowest BCUT2D eigenvalue weighted by atomic mass is 9.69. The van der Waals surface area contributed by atoms with E-state index in [4.69, 9.17) is 0 Å². The lowest BCUT2D eigenvalue weighted by Crippen LogP contribution is -2.45. The Kier molecular flexibility index (Phi) is 4.95. The Bertz CT molecular complexity index is 470. The molecule has 0 atom stereocenters. The van der Waals surface area contributed by atoms with E-state index in [-0.39, 0.29) is 17.8 Å². The zero-order valence-corrected chi connectivity index (χ0v) is 11.4. The highest BCUT2D eigenvalue weighted by molar-refractivity contribution is 5.89. The van der Waals surface area contributed by atoms with Crippen LogP contribution in [0.5, 0.6) is 5.75 Å². The second kappa shape index (κ2) is 6.71. The molecule has 1 aliphatic carbocycles. The smallest absolute Gasteiger partial charge is 0.387 e. The van der Waals surface area contributed by atoms with Crippen molar-refractivity contribution in [2.24, 2.45) is 5.41 Å². The van der Waals surface area contributed by atoms with Crippen molar-refractivity contribution in [3.63, 3.8) is 0 Å². The number of hydrogen-bond acceptors (Lipinski definition) is 3. The second-order valence-corrected chi connectivity index (χ2v) is 5.22. The summed E-state index contributed by atoms with van der Waals surface area (Å²) in [5.74, 6) is 0.0321. The third-order valence-electron chi connectivity index (χ3n) is 3.71. The fourth-order valence-electron chi connectivity index (χ4n) is 2.23. The van der Waals surface area contributed by atoms with E-state index in [2.05, 4.69) is 15.4 Å². The zero-order chi connectivity index (χ0) is 15.3. The normalized spacial score (nSPS) is 16.2. The topological polar surface area (TPSA) is 70.6 Å². The Hall–Kier alpha value is -1.89. The first kappa shape index (κ1) is 15.5. The number of benzene rings is 1. The van der Waals surface area contributed by atoms with Gasteiger partial charge in [0.2, 0.25) is 0 Å². The fraction of sp³-hybridized carbons (Fsp3) is 0.500. The van der Waals surface area contributed by atoms with Gasteiger partial charge in [-0.15, -0.1) is 0 Å². The average molecular weight is 300 g/mol. The Morgan fingerprint density at radius 1 is 1.33 bits per heavy atom. The molecule has 1 aromatic rings. The average Bonchev–Trinajstić information content (AvgIpc) is 2.40. The zero-order valence-electron chi connectivity index (χ0n) is 11.4. The van der Waals surface area contributed by atoms with Crippen molar-refractivity contribution < 1.29 is 23.4 Å². The van der Waals surface area contributed by atoms with Crippen LogP contribution in [-0.2, 0) is 0 Å². The molecular formula is C14H18F2N2O3. The van der Waals surface area contributed by atoms with Crippen molar-refractivity contribution in [2.45, 2.75) is 25.9 Å². The number of aliphatic hydroxyl groups is 1. The molecule has 1 saturated carbocycles. The molecule has 1 aromatic carbocycles. The minimum atomic E-state index is -2.87. The summed E-state index contributed by atoms with van der Waals surface area (Å²) in [5.41, 5.74) is 0.285. The van der Waals surface area contributed by atoms with Gasteiger partial charge in [-0.3, -0.25) is 0 Å². The van der Waals surface area contributed by atoms with Gasteiger partial charge in [0, 0.05) is 17.6 Å². The van der Waals surface area contributed by atoms with Crippen LogP contribution in [0.15, 0.2) is 24.3 Å². The molecule has 0 saturated heterocycles. The molecule has 2 amide bonds. The van der Waals surface area contributed by atoms with E-state index in [1.165, 1.54) is 24.3 Å². The van der Waals surface area contributed by atoms with Gasteiger partial charge in [-0.25, -0.2) is 4.79 Å². The van der Waals surface area contributed by atoms with Crippen LogP contribution in [-0.4, -0.2) is 30.9 Å². The number of ether oxygens (including phenoxy) is 1. The van der Waals surface area contributed by atoms with E-state index in [9.17, 15) is 18.7 Å². The number of anilines is 1. The number of nitrogens with one attached hydrogen (secondary N) is 2. The minimum Gasteiger partial charge on any atom is -0.435 e.